The molecule has 4 heteroatoms. The number of hydrogen-bond acceptors (Lipinski definition) is 3. The summed E-state index contributed by atoms with van der Waals surface area (Å²) < 4.78 is 5.60. The molecule has 0 radical (unpaired) electrons. The number of rotatable bonds is 4. The van der Waals surface area contributed by atoms with Crippen molar-refractivity contribution in [1.82, 2.24) is 0 Å². The Morgan fingerprint density at radius 2 is 1.68 bits per heavy atom. The summed E-state index contributed by atoms with van der Waals surface area (Å²) in [5, 5.41) is 14.3. The molecule has 22 heavy (non-hydrogen) atoms. The Bertz CT molecular complexity index is 809. The summed E-state index contributed by atoms with van der Waals surface area (Å²) in [5.74, 6) is 0.362. The summed E-state index contributed by atoms with van der Waals surface area (Å²) in [6, 6.07) is 20.1. The maximum Gasteiger partial charge on any atom is 0.262 e. The highest BCUT2D eigenvalue weighted by Crippen LogP contribution is 2.25. The fourth-order valence-electron chi connectivity index (χ4n) is 2.23. The van der Waals surface area contributed by atoms with Gasteiger partial charge in [-0.1, -0.05) is 48.5 Å². The third kappa shape index (κ3) is 3.01. The maximum atomic E-state index is 11.9. The van der Waals surface area contributed by atoms with Gasteiger partial charge in [0.15, 0.2) is 6.61 Å². The van der Waals surface area contributed by atoms with E-state index in [0.717, 1.165) is 10.8 Å². The van der Waals surface area contributed by atoms with Crippen molar-refractivity contribution in [2.24, 2.45) is 0 Å². The summed E-state index contributed by atoms with van der Waals surface area (Å²) in [5.41, 5.74) is 0.369. The number of phenolic OH excluding ortho intramolecular Hbond substituents is 1. The average molecular weight is 293 g/mol. The molecule has 0 saturated carbocycles. The number of phenols is 1. The summed E-state index contributed by atoms with van der Waals surface area (Å²) in [7, 11) is 0. The van der Waals surface area contributed by atoms with Crippen LogP contribution in [-0.4, -0.2) is 17.6 Å². The lowest BCUT2D eigenvalue weighted by molar-refractivity contribution is -0.118. The Labute approximate surface area is 128 Å². The van der Waals surface area contributed by atoms with Crippen molar-refractivity contribution in [3.63, 3.8) is 0 Å². The Kier molecular flexibility index (Phi) is 3.92. The van der Waals surface area contributed by atoms with Crippen LogP contribution in [0.3, 0.4) is 0 Å². The number of carbonyl (C=O) groups excluding carboxylic acids is 1. The van der Waals surface area contributed by atoms with E-state index < -0.39 is 0 Å². The second kappa shape index (κ2) is 6.18. The minimum Gasteiger partial charge on any atom is -0.506 e. The van der Waals surface area contributed by atoms with Gasteiger partial charge in [-0.2, -0.15) is 0 Å². The van der Waals surface area contributed by atoms with Crippen molar-refractivity contribution in [2.45, 2.75) is 0 Å². The van der Waals surface area contributed by atoms with Crippen LogP contribution in [-0.2, 0) is 4.79 Å². The number of fused-ring (bicyclic) bond motifs is 1. The van der Waals surface area contributed by atoms with E-state index in [1.54, 1.807) is 18.2 Å². The van der Waals surface area contributed by atoms with Gasteiger partial charge >= 0.3 is 0 Å². The van der Waals surface area contributed by atoms with Crippen molar-refractivity contribution in [1.29, 1.82) is 0 Å². The normalized spacial score (nSPS) is 10.4. The zero-order valence-electron chi connectivity index (χ0n) is 11.8. The molecule has 0 fully saturated rings. The van der Waals surface area contributed by atoms with Crippen LogP contribution in [0.5, 0.6) is 11.5 Å². The van der Waals surface area contributed by atoms with E-state index in [4.69, 9.17) is 4.74 Å². The molecule has 0 aliphatic rings. The molecule has 0 atom stereocenters. The first-order valence-electron chi connectivity index (χ1n) is 6.92. The van der Waals surface area contributed by atoms with E-state index in [-0.39, 0.29) is 18.3 Å². The Hall–Kier alpha value is -3.01. The highest BCUT2D eigenvalue weighted by Gasteiger charge is 2.08. The number of ether oxygens (including phenoxy) is 1. The minimum atomic E-state index is -0.325. The van der Waals surface area contributed by atoms with Crippen LogP contribution >= 0.6 is 0 Å². The number of benzene rings is 3. The van der Waals surface area contributed by atoms with Crippen LogP contribution in [0.25, 0.3) is 10.8 Å². The molecule has 0 heterocycles. The van der Waals surface area contributed by atoms with Gasteiger partial charge in [0.05, 0.1) is 5.69 Å². The summed E-state index contributed by atoms with van der Waals surface area (Å²) >= 11 is 0. The van der Waals surface area contributed by atoms with Gasteiger partial charge in [-0.3, -0.25) is 4.79 Å². The molecule has 0 aromatic heterocycles. The summed E-state index contributed by atoms with van der Waals surface area (Å²) in [6.45, 7) is -0.123. The molecule has 0 saturated heterocycles. The quantitative estimate of drug-likeness (QED) is 0.723. The molecular weight excluding hydrogens is 278 g/mol. The molecule has 0 aliphatic heterocycles. The first kappa shape index (κ1) is 13.9. The fraction of sp³-hybridized carbons (Fsp3) is 0.0556. The summed E-state index contributed by atoms with van der Waals surface area (Å²) in [6.07, 6.45) is 0. The summed E-state index contributed by atoms with van der Waals surface area (Å²) in [4.78, 5) is 11.9. The van der Waals surface area contributed by atoms with Crippen molar-refractivity contribution < 1.29 is 14.6 Å². The van der Waals surface area contributed by atoms with Gasteiger partial charge in [0.25, 0.3) is 5.91 Å². The predicted molar refractivity (Wildman–Crippen MR) is 86.2 cm³/mol. The molecule has 4 nitrogen and oxygen atoms in total. The van der Waals surface area contributed by atoms with Crippen LogP contribution in [0.4, 0.5) is 5.69 Å². The highest BCUT2D eigenvalue weighted by atomic mass is 16.5. The monoisotopic (exact) mass is 293 g/mol. The molecule has 110 valence electrons. The maximum absolute atomic E-state index is 11.9. The number of anilines is 1. The van der Waals surface area contributed by atoms with E-state index in [9.17, 15) is 9.90 Å². The van der Waals surface area contributed by atoms with Gasteiger partial charge in [-0.05, 0) is 23.6 Å². The lowest BCUT2D eigenvalue weighted by Gasteiger charge is -2.10. The van der Waals surface area contributed by atoms with E-state index in [0.29, 0.717) is 11.4 Å². The number of aromatic hydroxyl groups is 1. The van der Waals surface area contributed by atoms with Crippen LogP contribution in [0.2, 0.25) is 0 Å². The predicted octanol–water partition coefficient (Wildman–Crippen LogP) is 3.56. The average Bonchev–Trinajstić information content (AvgIpc) is 2.55. The zero-order chi connectivity index (χ0) is 15.4. The van der Waals surface area contributed by atoms with Crippen molar-refractivity contribution in [3.8, 4) is 11.5 Å². The van der Waals surface area contributed by atoms with Gasteiger partial charge in [-0.15, -0.1) is 0 Å². The first-order valence-corrected chi connectivity index (χ1v) is 6.92. The molecule has 1 amide bonds. The second-order valence-corrected chi connectivity index (χ2v) is 4.83. The van der Waals surface area contributed by atoms with Crippen LogP contribution < -0.4 is 10.1 Å². The van der Waals surface area contributed by atoms with Crippen LogP contribution in [0.1, 0.15) is 0 Å². The van der Waals surface area contributed by atoms with Crippen LogP contribution in [0, 0.1) is 0 Å². The number of hydrogen-bond donors (Lipinski definition) is 2. The van der Waals surface area contributed by atoms with Crippen molar-refractivity contribution in [3.05, 3.63) is 66.7 Å². The molecule has 3 aromatic carbocycles. The van der Waals surface area contributed by atoms with E-state index >= 15 is 0 Å². The van der Waals surface area contributed by atoms with Gasteiger partial charge in [0.1, 0.15) is 11.5 Å². The lowest BCUT2D eigenvalue weighted by Crippen LogP contribution is -2.20. The van der Waals surface area contributed by atoms with E-state index in [2.05, 4.69) is 5.32 Å². The standard InChI is InChI=1S/C18H15NO3/c20-16-10-4-3-9-15(16)19-18(21)12-22-17-11-5-7-13-6-1-2-8-14(13)17/h1-11,20H,12H2,(H,19,21). The molecule has 3 aromatic rings. The van der Waals surface area contributed by atoms with Gasteiger partial charge < -0.3 is 15.2 Å². The van der Waals surface area contributed by atoms with E-state index in [1.807, 2.05) is 42.5 Å². The largest absolute Gasteiger partial charge is 0.506 e. The van der Waals surface area contributed by atoms with Crippen LogP contribution in [0.15, 0.2) is 66.7 Å². The second-order valence-electron chi connectivity index (χ2n) is 4.83. The third-order valence-electron chi connectivity index (χ3n) is 3.29. The van der Waals surface area contributed by atoms with Crippen molar-refractivity contribution in [2.75, 3.05) is 11.9 Å². The molecule has 3 rings (SSSR count). The Morgan fingerprint density at radius 3 is 2.55 bits per heavy atom. The smallest absolute Gasteiger partial charge is 0.262 e. The van der Waals surface area contributed by atoms with E-state index in [1.165, 1.54) is 6.07 Å². The SMILES string of the molecule is O=C(COc1cccc2ccccc12)Nc1ccccc1O. The Balaban J connectivity index is 1.69. The molecule has 0 spiro atoms. The minimum absolute atomic E-state index is 0.0287. The molecule has 0 aliphatic carbocycles. The lowest BCUT2D eigenvalue weighted by atomic mass is 10.1. The number of carbonyl (C=O) groups is 1. The molecule has 0 bridgehead atoms. The van der Waals surface area contributed by atoms with Gasteiger partial charge in [0, 0.05) is 5.39 Å². The molecule has 0 unspecified atom stereocenters. The number of amides is 1. The van der Waals surface area contributed by atoms with Gasteiger partial charge in [0.2, 0.25) is 0 Å². The topological polar surface area (TPSA) is 58.6 Å². The van der Waals surface area contributed by atoms with Crippen molar-refractivity contribution >= 4 is 22.4 Å². The Morgan fingerprint density at radius 1 is 0.955 bits per heavy atom. The number of nitrogens with one attached hydrogen (secondary N) is 1. The molecular formula is C18H15NO3. The van der Waals surface area contributed by atoms with Gasteiger partial charge in [-0.25, -0.2) is 0 Å². The molecule has 2 N–H and O–H groups in total. The highest BCUT2D eigenvalue weighted by molar-refractivity contribution is 5.94. The third-order valence-corrected chi connectivity index (χ3v) is 3.29. The number of para-hydroxylation sites is 2. The zero-order valence-corrected chi connectivity index (χ0v) is 11.8. The first-order chi connectivity index (χ1) is 10.7. The fourth-order valence-corrected chi connectivity index (χ4v) is 2.23.